The van der Waals surface area contributed by atoms with E-state index in [1.165, 1.54) is 5.54 Å². The molecule has 0 N–H and O–H groups in total. The molecule has 0 aliphatic carbocycles. The Kier molecular flexibility index (Phi) is 5.03. The van der Waals surface area contributed by atoms with Crippen molar-refractivity contribution in [1.29, 1.82) is 0 Å². The summed E-state index contributed by atoms with van der Waals surface area (Å²) in [6, 6.07) is 0. The first kappa shape index (κ1) is 9.50. The number of carbonyl (C=O) groups excluding carboxylic acids is 1. The van der Waals surface area contributed by atoms with Gasteiger partial charge in [-0.2, -0.15) is 0 Å². The molecule has 0 saturated heterocycles. The van der Waals surface area contributed by atoms with Crippen molar-refractivity contribution < 1.29 is 9.53 Å². The van der Waals surface area contributed by atoms with Crippen LogP contribution in [0, 0.1) is 0 Å². The molecule has 0 aliphatic heterocycles. The molecule has 58 valence electrons. The minimum atomic E-state index is -0.336. The van der Waals surface area contributed by atoms with Crippen LogP contribution in [0.3, 0.4) is 0 Å². The van der Waals surface area contributed by atoms with Crippen LogP contribution in [0.4, 0.5) is 0 Å². The summed E-state index contributed by atoms with van der Waals surface area (Å²) in [7, 11) is 0. The molecular weight excluding hydrogens is 152 g/mol. The average Bonchev–Trinajstić information content (AvgIpc) is 1.98. The highest BCUT2D eigenvalue weighted by molar-refractivity contribution is 6.27. The van der Waals surface area contributed by atoms with E-state index in [9.17, 15) is 4.79 Å². The predicted molar refractivity (Wildman–Crippen MR) is 40.9 cm³/mol. The molecule has 0 spiro atoms. The third-order valence-corrected chi connectivity index (χ3v) is 1.25. The molecular formula is C7H11ClO2. The summed E-state index contributed by atoms with van der Waals surface area (Å²) < 4.78 is 4.75. The quantitative estimate of drug-likeness (QED) is 0.469. The lowest BCUT2D eigenvalue weighted by Crippen LogP contribution is -2.05. The fourth-order valence-electron chi connectivity index (χ4n) is 0.353. The lowest BCUT2D eigenvalue weighted by atomic mass is 10.4. The minimum Gasteiger partial charge on any atom is -0.462 e. The van der Waals surface area contributed by atoms with Gasteiger partial charge in [-0.05, 0) is 13.3 Å². The van der Waals surface area contributed by atoms with Crippen LogP contribution in [0.1, 0.15) is 20.3 Å². The van der Waals surface area contributed by atoms with Gasteiger partial charge >= 0.3 is 5.97 Å². The third kappa shape index (κ3) is 3.51. The number of carbonyl (C=O) groups is 1. The van der Waals surface area contributed by atoms with Crippen molar-refractivity contribution in [1.82, 2.24) is 0 Å². The Balaban J connectivity index is 3.63. The van der Waals surface area contributed by atoms with Crippen LogP contribution in [0.2, 0.25) is 0 Å². The van der Waals surface area contributed by atoms with Crippen LogP contribution in [0.5, 0.6) is 0 Å². The van der Waals surface area contributed by atoms with Gasteiger partial charge in [0.15, 0.2) is 0 Å². The third-order valence-electron chi connectivity index (χ3n) is 0.923. The van der Waals surface area contributed by atoms with Gasteiger partial charge in [0.1, 0.15) is 0 Å². The lowest BCUT2D eigenvalue weighted by Gasteiger charge is -2.00. The van der Waals surface area contributed by atoms with Crippen LogP contribution in [-0.2, 0) is 9.53 Å². The van der Waals surface area contributed by atoms with Crippen LogP contribution in [0.15, 0.2) is 11.1 Å². The van der Waals surface area contributed by atoms with Gasteiger partial charge in [-0.1, -0.05) is 18.5 Å². The Bertz CT molecular complexity index is 141. The number of rotatable bonds is 3. The number of halogens is 1. The predicted octanol–water partition coefficient (Wildman–Crippen LogP) is 2.08. The molecule has 0 aromatic carbocycles. The van der Waals surface area contributed by atoms with E-state index < -0.39 is 0 Å². The smallest absolute Gasteiger partial charge is 0.334 e. The molecule has 3 heteroatoms. The zero-order valence-electron chi connectivity index (χ0n) is 6.19. The van der Waals surface area contributed by atoms with Crippen molar-refractivity contribution in [3.63, 3.8) is 0 Å². The Hall–Kier alpha value is -0.500. The van der Waals surface area contributed by atoms with E-state index in [1.807, 2.05) is 6.92 Å². The zero-order chi connectivity index (χ0) is 7.98. The second-order valence-electron chi connectivity index (χ2n) is 1.93. The molecule has 0 aromatic heterocycles. The Morgan fingerprint density at radius 3 is 2.70 bits per heavy atom. The molecule has 0 rings (SSSR count). The molecule has 0 unspecified atom stereocenters. The van der Waals surface area contributed by atoms with E-state index in [-0.39, 0.29) is 5.97 Å². The molecule has 0 amide bonds. The average molecular weight is 163 g/mol. The van der Waals surface area contributed by atoms with Crippen molar-refractivity contribution in [2.24, 2.45) is 0 Å². The fraction of sp³-hybridized carbons (Fsp3) is 0.571. The van der Waals surface area contributed by atoms with E-state index >= 15 is 0 Å². The minimum absolute atomic E-state index is 0.336. The maximum absolute atomic E-state index is 10.8. The Morgan fingerprint density at radius 2 is 2.30 bits per heavy atom. The molecule has 0 fully saturated rings. The summed E-state index contributed by atoms with van der Waals surface area (Å²) in [5.41, 5.74) is 1.66. The van der Waals surface area contributed by atoms with Crippen molar-refractivity contribution in [3.8, 4) is 0 Å². The lowest BCUT2D eigenvalue weighted by molar-refractivity contribution is -0.138. The second-order valence-corrected chi connectivity index (χ2v) is 2.15. The molecule has 0 bridgehead atoms. The molecule has 0 atom stereocenters. The van der Waals surface area contributed by atoms with E-state index in [0.29, 0.717) is 12.2 Å². The SMILES string of the molecule is CCCOC(=O)C(C)=CCl. The van der Waals surface area contributed by atoms with Gasteiger partial charge < -0.3 is 4.74 Å². The summed E-state index contributed by atoms with van der Waals surface area (Å²) in [5.74, 6) is -0.336. The van der Waals surface area contributed by atoms with Crippen LogP contribution in [-0.4, -0.2) is 12.6 Å². The largest absolute Gasteiger partial charge is 0.462 e. The first-order valence-corrected chi connectivity index (χ1v) is 3.60. The van der Waals surface area contributed by atoms with Crippen LogP contribution < -0.4 is 0 Å². The van der Waals surface area contributed by atoms with Crippen molar-refractivity contribution in [3.05, 3.63) is 11.1 Å². The number of esters is 1. The standard InChI is InChI=1S/C7H11ClO2/c1-3-4-10-7(9)6(2)5-8/h5H,3-4H2,1-2H3. The van der Waals surface area contributed by atoms with E-state index in [2.05, 4.69) is 0 Å². The van der Waals surface area contributed by atoms with Gasteiger partial charge in [0.25, 0.3) is 0 Å². The first-order valence-electron chi connectivity index (χ1n) is 3.16. The normalized spacial score (nSPS) is 11.3. The van der Waals surface area contributed by atoms with Gasteiger partial charge in [0, 0.05) is 11.1 Å². The number of hydrogen-bond acceptors (Lipinski definition) is 2. The monoisotopic (exact) mass is 162 g/mol. The van der Waals surface area contributed by atoms with Crippen molar-refractivity contribution in [2.75, 3.05) is 6.61 Å². The maximum Gasteiger partial charge on any atom is 0.334 e. The molecule has 0 aromatic rings. The molecule has 0 radical (unpaired) electrons. The van der Waals surface area contributed by atoms with Crippen LogP contribution in [0.25, 0.3) is 0 Å². The topological polar surface area (TPSA) is 26.3 Å². The molecule has 10 heavy (non-hydrogen) atoms. The second kappa shape index (κ2) is 5.30. The molecule has 0 saturated carbocycles. The van der Waals surface area contributed by atoms with Gasteiger partial charge in [-0.3, -0.25) is 0 Å². The van der Waals surface area contributed by atoms with Gasteiger partial charge in [0.2, 0.25) is 0 Å². The van der Waals surface area contributed by atoms with Gasteiger partial charge in [0.05, 0.1) is 6.61 Å². The van der Waals surface area contributed by atoms with Crippen molar-refractivity contribution in [2.45, 2.75) is 20.3 Å². The highest BCUT2D eigenvalue weighted by Crippen LogP contribution is 1.98. The van der Waals surface area contributed by atoms with Crippen molar-refractivity contribution >= 4 is 17.6 Å². The summed E-state index contributed by atoms with van der Waals surface area (Å²) >= 11 is 5.26. The van der Waals surface area contributed by atoms with E-state index in [1.54, 1.807) is 6.92 Å². The summed E-state index contributed by atoms with van der Waals surface area (Å²) in [5, 5.41) is 0. The fourth-order valence-corrected chi connectivity index (χ4v) is 0.442. The first-order chi connectivity index (χ1) is 4.72. The van der Waals surface area contributed by atoms with Gasteiger partial charge in [-0.15, -0.1) is 0 Å². The maximum atomic E-state index is 10.8. The summed E-state index contributed by atoms with van der Waals surface area (Å²) in [4.78, 5) is 10.8. The Labute approximate surface area is 65.8 Å². The Morgan fingerprint density at radius 1 is 1.70 bits per heavy atom. The number of hydrogen-bond donors (Lipinski definition) is 0. The molecule has 2 nitrogen and oxygen atoms in total. The highest BCUT2D eigenvalue weighted by Gasteiger charge is 2.02. The molecule has 0 aliphatic rings. The van der Waals surface area contributed by atoms with Gasteiger partial charge in [-0.25, -0.2) is 4.79 Å². The zero-order valence-corrected chi connectivity index (χ0v) is 6.94. The summed E-state index contributed by atoms with van der Waals surface area (Å²) in [6.45, 7) is 4.01. The van der Waals surface area contributed by atoms with E-state index in [4.69, 9.17) is 16.3 Å². The van der Waals surface area contributed by atoms with Crippen LogP contribution >= 0.6 is 11.6 Å². The number of ether oxygens (including phenoxy) is 1. The highest BCUT2D eigenvalue weighted by atomic mass is 35.5. The molecule has 0 heterocycles. The van der Waals surface area contributed by atoms with E-state index in [0.717, 1.165) is 6.42 Å². The summed E-state index contributed by atoms with van der Waals surface area (Å²) in [6.07, 6.45) is 0.835.